The minimum absolute atomic E-state index is 0.0245. The molecular formula is C26H37N5O2. The number of aromatic nitrogens is 3. The van der Waals surface area contributed by atoms with Crippen LogP contribution in [0.4, 0.5) is 0 Å². The molecular weight excluding hydrogens is 414 g/mol. The van der Waals surface area contributed by atoms with E-state index in [1.54, 1.807) is 0 Å². The number of nitrogens with zero attached hydrogens (tertiary/aromatic N) is 4. The van der Waals surface area contributed by atoms with Gasteiger partial charge in [0, 0.05) is 42.3 Å². The molecule has 1 aromatic carbocycles. The van der Waals surface area contributed by atoms with E-state index in [-0.39, 0.29) is 11.5 Å². The molecule has 1 aliphatic carbocycles. The van der Waals surface area contributed by atoms with Gasteiger partial charge in [0.1, 0.15) is 6.04 Å². The van der Waals surface area contributed by atoms with Crippen molar-refractivity contribution in [1.29, 1.82) is 0 Å². The summed E-state index contributed by atoms with van der Waals surface area (Å²) in [5, 5.41) is 4.06. The lowest BCUT2D eigenvalue weighted by molar-refractivity contribution is -0.124. The summed E-state index contributed by atoms with van der Waals surface area (Å²) in [6.45, 7) is 9.83. The van der Waals surface area contributed by atoms with Crippen LogP contribution in [-0.4, -0.2) is 50.2 Å². The number of aryl methyl sites for hydroxylation is 1. The van der Waals surface area contributed by atoms with Crippen LogP contribution in [0.5, 0.6) is 0 Å². The predicted molar refractivity (Wildman–Crippen MR) is 133 cm³/mol. The van der Waals surface area contributed by atoms with Crippen molar-refractivity contribution >= 4 is 22.5 Å². The van der Waals surface area contributed by atoms with Crippen molar-refractivity contribution in [2.45, 2.75) is 84.3 Å². The molecule has 1 aliphatic rings. The van der Waals surface area contributed by atoms with Crippen LogP contribution in [0.3, 0.4) is 0 Å². The Morgan fingerprint density at radius 2 is 1.94 bits per heavy atom. The Labute approximate surface area is 195 Å². The smallest absolute Gasteiger partial charge is 0.273 e. The minimum atomic E-state index is -0.442. The summed E-state index contributed by atoms with van der Waals surface area (Å²) in [7, 11) is 0. The number of carbonyl (C=O) groups is 1. The number of carbonyl (C=O) groups excluding carboxylic acids is 1. The second-order valence-electron chi connectivity index (χ2n) is 9.49. The molecule has 1 fully saturated rings. The summed E-state index contributed by atoms with van der Waals surface area (Å²) < 4.78 is 3.85. The molecule has 4 rings (SSSR count). The zero-order chi connectivity index (χ0) is 23.5. The highest BCUT2D eigenvalue weighted by atomic mass is 16.2. The van der Waals surface area contributed by atoms with Crippen molar-refractivity contribution in [3.05, 3.63) is 46.4 Å². The number of amides is 1. The monoisotopic (exact) mass is 451 g/mol. The summed E-state index contributed by atoms with van der Waals surface area (Å²) in [6.07, 6.45) is 7.61. The highest BCUT2D eigenvalue weighted by molar-refractivity contribution is 5.94. The Kier molecular flexibility index (Phi) is 7.17. The molecule has 33 heavy (non-hydrogen) atoms. The van der Waals surface area contributed by atoms with E-state index in [9.17, 15) is 9.59 Å². The van der Waals surface area contributed by atoms with E-state index in [2.05, 4.69) is 29.0 Å². The number of nitrogens with one attached hydrogen (secondary N) is 1. The lowest BCUT2D eigenvalue weighted by Gasteiger charge is -2.38. The van der Waals surface area contributed by atoms with Crippen LogP contribution in [0.1, 0.15) is 71.0 Å². The zero-order valence-electron chi connectivity index (χ0n) is 20.4. The van der Waals surface area contributed by atoms with Gasteiger partial charge in [-0.25, -0.2) is 4.52 Å². The van der Waals surface area contributed by atoms with Crippen LogP contribution < -0.4 is 10.9 Å². The molecule has 3 aromatic rings. The summed E-state index contributed by atoms with van der Waals surface area (Å²) in [6, 6.07) is 10.0. The van der Waals surface area contributed by atoms with Gasteiger partial charge in [0.2, 0.25) is 5.91 Å². The Morgan fingerprint density at radius 3 is 2.67 bits per heavy atom. The Morgan fingerprint density at radius 1 is 1.21 bits per heavy atom. The average Bonchev–Trinajstić information content (AvgIpc) is 3.16. The molecule has 1 amide bonds. The highest BCUT2D eigenvalue weighted by Gasteiger charge is 2.26. The van der Waals surface area contributed by atoms with Crippen LogP contribution >= 0.6 is 0 Å². The molecule has 0 bridgehead atoms. The third-order valence-electron chi connectivity index (χ3n) is 7.31. The maximum Gasteiger partial charge on any atom is 0.273 e. The Hall–Kier alpha value is -2.67. The van der Waals surface area contributed by atoms with Crippen LogP contribution in [0.25, 0.3) is 16.6 Å². The molecule has 0 unspecified atom stereocenters. The van der Waals surface area contributed by atoms with Gasteiger partial charge >= 0.3 is 0 Å². The molecule has 2 heterocycles. The van der Waals surface area contributed by atoms with Crippen LogP contribution in [-0.2, 0) is 4.79 Å². The lowest BCUT2D eigenvalue weighted by Crippen LogP contribution is -2.47. The van der Waals surface area contributed by atoms with E-state index in [4.69, 9.17) is 0 Å². The quantitative estimate of drug-likeness (QED) is 0.560. The standard InChI is InChI=1S/C26H37N5O2/c1-5-18(2)29(21-11-7-6-8-12-21)16-15-27-26(33)20(4)31-23-14-10-9-13-22(23)25-28-24(32)17-19(3)30(25)31/h9-10,13-14,17-18,20-21H,5-8,11-12,15-16H2,1-4H3,(H,27,33)/t18-,20+/m0/s1. The largest absolute Gasteiger partial charge is 0.353 e. The van der Waals surface area contributed by atoms with E-state index in [1.807, 2.05) is 47.3 Å². The van der Waals surface area contributed by atoms with Crippen LogP contribution in [0.15, 0.2) is 35.1 Å². The fourth-order valence-corrected chi connectivity index (χ4v) is 5.37. The van der Waals surface area contributed by atoms with Gasteiger partial charge in [-0.3, -0.25) is 19.2 Å². The van der Waals surface area contributed by atoms with Crippen LogP contribution in [0.2, 0.25) is 0 Å². The van der Waals surface area contributed by atoms with Gasteiger partial charge < -0.3 is 5.32 Å². The topological polar surface area (TPSA) is 71.6 Å². The van der Waals surface area contributed by atoms with Crippen molar-refractivity contribution in [3.8, 4) is 0 Å². The summed E-state index contributed by atoms with van der Waals surface area (Å²) in [5.74, 6) is -0.0245. The second-order valence-corrected chi connectivity index (χ2v) is 9.49. The third kappa shape index (κ3) is 4.69. The first kappa shape index (κ1) is 23.5. The van der Waals surface area contributed by atoms with Gasteiger partial charge in [0.15, 0.2) is 5.65 Å². The molecule has 7 heteroatoms. The van der Waals surface area contributed by atoms with Gasteiger partial charge in [-0.1, -0.05) is 38.3 Å². The maximum atomic E-state index is 13.3. The summed E-state index contributed by atoms with van der Waals surface area (Å²) in [5.41, 5.74) is 1.99. The van der Waals surface area contributed by atoms with Gasteiger partial charge in [0.25, 0.3) is 5.56 Å². The SMILES string of the molecule is CC[C@H](C)N(CCNC(=O)[C@@H](C)n1c2ccccc2c2nc(=O)cc(C)n21)C1CCCCC1. The van der Waals surface area contributed by atoms with Crippen molar-refractivity contribution in [3.63, 3.8) is 0 Å². The normalized spacial score (nSPS) is 17.0. The molecule has 0 spiro atoms. The van der Waals surface area contributed by atoms with Crippen molar-refractivity contribution in [2.24, 2.45) is 0 Å². The van der Waals surface area contributed by atoms with Gasteiger partial charge in [-0.2, -0.15) is 4.98 Å². The van der Waals surface area contributed by atoms with Gasteiger partial charge in [0.05, 0.1) is 5.52 Å². The highest BCUT2D eigenvalue weighted by Crippen LogP contribution is 2.26. The van der Waals surface area contributed by atoms with Crippen molar-refractivity contribution in [1.82, 2.24) is 24.4 Å². The van der Waals surface area contributed by atoms with E-state index < -0.39 is 6.04 Å². The Balaban J connectivity index is 1.54. The number of fused-ring (bicyclic) bond motifs is 3. The van der Waals surface area contributed by atoms with E-state index in [1.165, 1.54) is 38.2 Å². The zero-order valence-corrected chi connectivity index (χ0v) is 20.4. The fourth-order valence-electron chi connectivity index (χ4n) is 5.37. The number of hydrogen-bond donors (Lipinski definition) is 1. The molecule has 7 nitrogen and oxygen atoms in total. The molecule has 0 radical (unpaired) electrons. The molecule has 2 aromatic heterocycles. The van der Waals surface area contributed by atoms with Crippen LogP contribution in [0, 0.1) is 6.92 Å². The van der Waals surface area contributed by atoms with E-state index in [0.717, 1.165) is 29.6 Å². The first-order chi connectivity index (χ1) is 15.9. The number of hydrogen-bond acceptors (Lipinski definition) is 4. The first-order valence-electron chi connectivity index (χ1n) is 12.5. The maximum absolute atomic E-state index is 13.3. The predicted octanol–water partition coefficient (Wildman–Crippen LogP) is 4.07. The number of rotatable bonds is 8. The average molecular weight is 452 g/mol. The second kappa shape index (κ2) is 10.1. The molecule has 0 aliphatic heterocycles. The molecule has 1 saturated carbocycles. The lowest BCUT2D eigenvalue weighted by atomic mass is 9.93. The third-order valence-corrected chi connectivity index (χ3v) is 7.31. The van der Waals surface area contributed by atoms with Gasteiger partial charge in [-0.05, 0) is 52.2 Å². The molecule has 0 saturated heterocycles. The van der Waals surface area contributed by atoms with Crippen molar-refractivity contribution < 1.29 is 4.79 Å². The fraction of sp³-hybridized carbons (Fsp3) is 0.577. The summed E-state index contributed by atoms with van der Waals surface area (Å²) >= 11 is 0. The van der Waals surface area contributed by atoms with Gasteiger partial charge in [-0.15, -0.1) is 0 Å². The first-order valence-corrected chi connectivity index (χ1v) is 12.5. The summed E-state index contributed by atoms with van der Waals surface area (Å²) in [4.78, 5) is 32.2. The molecule has 2 atom stereocenters. The number of benzene rings is 1. The Bertz CT molecular complexity index is 1170. The van der Waals surface area contributed by atoms with Crippen molar-refractivity contribution in [2.75, 3.05) is 13.1 Å². The minimum Gasteiger partial charge on any atom is -0.353 e. The number of para-hydroxylation sites is 1. The van der Waals surface area contributed by atoms with E-state index in [0.29, 0.717) is 24.3 Å². The molecule has 178 valence electrons. The van der Waals surface area contributed by atoms with E-state index >= 15 is 0 Å². The molecule has 1 N–H and O–H groups in total.